The molecule has 0 aromatic carbocycles. The maximum absolute atomic E-state index is 12.0. The second-order valence-electron chi connectivity index (χ2n) is 5.41. The molecular weight excluding hydrogens is 174 g/mol. The Morgan fingerprint density at radius 1 is 1.21 bits per heavy atom. The van der Waals surface area contributed by atoms with Crippen molar-refractivity contribution in [2.24, 2.45) is 11.8 Å². The van der Waals surface area contributed by atoms with E-state index < -0.39 is 0 Å². The standard InChI is InChI=1S/C12H21NO/c1-7(2)12(14)11-6-9-5-10(9)13(11)8(3)4/h7-11H,5-6H2,1-4H3/t9-,10-,11-/m0/s1. The number of nitrogens with zero attached hydrogens (tertiary/aromatic N) is 1. The largest absolute Gasteiger partial charge is 0.298 e. The number of fused-ring (bicyclic) bond motifs is 1. The molecule has 0 aromatic heterocycles. The van der Waals surface area contributed by atoms with Gasteiger partial charge in [-0.3, -0.25) is 9.69 Å². The molecule has 1 heterocycles. The Balaban J connectivity index is 2.09. The van der Waals surface area contributed by atoms with E-state index >= 15 is 0 Å². The normalized spacial score (nSPS) is 36.6. The molecule has 2 aliphatic rings. The number of ketones is 1. The second kappa shape index (κ2) is 3.34. The monoisotopic (exact) mass is 195 g/mol. The molecule has 0 bridgehead atoms. The van der Waals surface area contributed by atoms with E-state index in [2.05, 4.69) is 18.7 Å². The summed E-state index contributed by atoms with van der Waals surface area (Å²) in [6.45, 7) is 8.46. The van der Waals surface area contributed by atoms with Crippen molar-refractivity contribution in [2.45, 2.75) is 58.7 Å². The minimum atomic E-state index is 0.193. The van der Waals surface area contributed by atoms with E-state index in [0.717, 1.165) is 18.4 Å². The van der Waals surface area contributed by atoms with Crippen molar-refractivity contribution in [2.75, 3.05) is 0 Å². The van der Waals surface area contributed by atoms with Gasteiger partial charge in [0.15, 0.2) is 5.78 Å². The molecule has 0 amide bonds. The number of carbonyl (C=O) groups excluding carboxylic acids is 1. The fraction of sp³-hybridized carbons (Fsp3) is 0.917. The second-order valence-corrected chi connectivity index (χ2v) is 5.41. The van der Waals surface area contributed by atoms with Gasteiger partial charge in [-0.05, 0) is 32.6 Å². The number of Topliss-reactive ketones (excluding diaryl/α,β-unsaturated/α-hetero) is 1. The molecule has 0 unspecified atom stereocenters. The predicted molar refractivity (Wildman–Crippen MR) is 57.1 cm³/mol. The topological polar surface area (TPSA) is 20.3 Å². The van der Waals surface area contributed by atoms with E-state index in [1.165, 1.54) is 6.42 Å². The third kappa shape index (κ3) is 1.50. The predicted octanol–water partition coefficient (Wildman–Crippen LogP) is 2.08. The molecule has 1 aliphatic heterocycles. The zero-order chi connectivity index (χ0) is 10.5. The molecule has 2 fully saturated rings. The molecule has 0 aromatic rings. The summed E-state index contributed by atoms with van der Waals surface area (Å²) in [6.07, 6.45) is 2.46. The van der Waals surface area contributed by atoms with Gasteiger partial charge in [0.25, 0.3) is 0 Å². The Hall–Kier alpha value is -0.370. The van der Waals surface area contributed by atoms with Crippen LogP contribution in [0.25, 0.3) is 0 Å². The fourth-order valence-electron chi connectivity index (χ4n) is 2.88. The average Bonchev–Trinajstić information content (AvgIpc) is 2.74. The molecule has 14 heavy (non-hydrogen) atoms. The summed E-state index contributed by atoms with van der Waals surface area (Å²) in [4.78, 5) is 14.4. The molecule has 80 valence electrons. The maximum Gasteiger partial charge on any atom is 0.152 e. The molecule has 2 nitrogen and oxygen atoms in total. The zero-order valence-electron chi connectivity index (χ0n) is 9.66. The van der Waals surface area contributed by atoms with Crippen molar-refractivity contribution in [3.8, 4) is 0 Å². The Kier molecular flexibility index (Phi) is 2.42. The molecular formula is C12H21NO. The first-order valence-corrected chi connectivity index (χ1v) is 5.83. The third-order valence-corrected chi connectivity index (χ3v) is 3.65. The van der Waals surface area contributed by atoms with E-state index in [0.29, 0.717) is 11.8 Å². The van der Waals surface area contributed by atoms with Crippen molar-refractivity contribution in [3.05, 3.63) is 0 Å². The lowest BCUT2D eigenvalue weighted by molar-refractivity contribution is -0.127. The zero-order valence-corrected chi connectivity index (χ0v) is 9.66. The molecule has 0 radical (unpaired) electrons. The van der Waals surface area contributed by atoms with Gasteiger partial charge in [-0.25, -0.2) is 0 Å². The van der Waals surface area contributed by atoms with Crippen LogP contribution in [0.5, 0.6) is 0 Å². The quantitative estimate of drug-likeness (QED) is 0.687. The Morgan fingerprint density at radius 3 is 2.36 bits per heavy atom. The van der Waals surface area contributed by atoms with Gasteiger partial charge >= 0.3 is 0 Å². The van der Waals surface area contributed by atoms with Gasteiger partial charge in [0.2, 0.25) is 0 Å². The number of carbonyl (C=O) groups is 1. The highest BCUT2D eigenvalue weighted by atomic mass is 16.1. The molecule has 1 saturated heterocycles. The first-order chi connectivity index (χ1) is 6.52. The van der Waals surface area contributed by atoms with Crippen molar-refractivity contribution in [1.29, 1.82) is 0 Å². The van der Waals surface area contributed by atoms with Gasteiger partial charge < -0.3 is 0 Å². The van der Waals surface area contributed by atoms with Crippen LogP contribution in [0.4, 0.5) is 0 Å². The average molecular weight is 195 g/mol. The van der Waals surface area contributed by atoms with Crippen molar-refractivity contribution < 1.29 is 4.79 Å². The molecule has 2 heteroatoms. The van der Waals surface area contributed by atoms with Gasteiger partial charge in [0, 0.05) is 18.0 Å². The Labute approximate surface area is 86.7 Å². The van der Waals surface area contributed by atoms with Gasteiger partial charge in [-0.15, -0.1) is 0 Å². The van der Waals surface area contributed by atoms with Crippen LogP contribution in [0, 0.1) is 11.8 Å². The van der Waals surface area contributed by atoms with Crippen LogP contribution in [0.15, 0.2) is 0 Å². The molecule has 0 N–H and O–H groups in total. The minimum absolute atomic E-state index is 0.193. The number of hydrogen-bond donors (Lipinski definition) is 0. The van der Waals surface area contributed by atoms with Gasteiger partial charge in [-0.2, -0.15) is 0 Å². The number of rotatable bonds is 3. The molecule has 1 aliphatic carbocycles. The third-order valence-electron chi connectivity index (χ3n) is 3.65. The van der Waals surface area contributed by atoms with Crippen LogP contribution >= 0.6 is 0 Å². The minimum Gasteiger partial charge on any atom is -0.298 e. The summed E-state index contributed by atoms with van der Waals surface area (Å²) in [5.41, 5.74) is 0. The summed E-state index contributed by atoms with van der Waals surface area (Å²) in [7, 11) is 0. The summed E-state index contributed by atoms with van der Waals surface area (Å²) >= 11 is 0. The van der Waals surface area contributed by atoms with Gasteiger partial charge in [0.05, 0.1) is 6.04 Å². The molecule has 0 spiro atoms. The highest BCUT2D eigenvalue weighted by Crippen LogP contribution is 2.49. The summed E-state index contributed by atoms with van der Waals surface area (Å²) in [5.74, 6) is 1.48. The van der Waals surface area contributed by atoms with Crippen LogP contribution in [0.2, 0.25) is 0 Å². The first kappa shape index (κ1) is 10.2. The highest BCUT2D eigenvalue weighted by Gasteiger charge is 2.54. The Bertz CT molecular complexity index is 247. The van der Waals surface area contributed by atoms with E-state index in [1.807, 2.05) is 13.8 Å². The molecule has 1 saturated carbocycles. The maximum atomic E-state index is 12.0. The van der Waals surface area contributed by atoms with Crippen LogP contribution in [-0.2, 0) is 4.79 Å². The van der Waals surface area contributed by atoms with E-state index in [1.54, 1.807) is 0 Å². The van der Waals surface area contributed by atoms with Crippen LogP contribution in [0.1, 0.15) is 40.5 Å². The Morgan fingerprint density at radius 2 is 1.86 bits per heavy atom. The number of piperidine rings is 1. The molecule has 3 atom stereocenters. The van der Waals surface area contributed by atoms with E-state index in [4.69, 9.17) is 0 Å². The highest BCUT2D eigenvalue weighted by molar-refractivity contribution is 5.86. The summed E-state index contributed by atoms with van der Waals surface area (Å²) < 4.78 is 0. The van der Waals surface area contributed by atoms with Crippen molar-refractivity contribution in [3.63, 3.8) is 0 Å². The lowest BCUT2D eigenvalue weighted by atomic mass is 9.97. The van der Waals surface area contributed by atoms with Crippen LogP contribution < -0.4 is 0 Å². The van der Waals surface area contributed by atoms with E-state index in [9.17, 15) is 4.79 Å². The summed E-state index contributed by atoms with van der Waals surface area (Å²) in [6, 6.07) is 1.50. The van der Waals surface area contributed by atoms with Crippen LogP contribution in [0.3, 0.4) is 0 Å². The molecule has 2 rings (SSSR count). The van der Waals surface area contributed by atoms with Crippen molar-refractivity contribution in [1.82, 2.24) is 4.90 Å². The first-order valence-electron chi connectivity index (χ1n) is 5.83. The summed E-state index contributed by atoms with van der Waals surface area (Å²) in [5, 5.41) is 0. The van der Waals surface area contributed by atoms with Gasteiger partial charge in [0.1, 0.15) is 0 Å². The van der Waals surface area contributed by atoms with Gasteiger partial charge in [-0.1, -0.05) is 13.8 Å². The van der Waals surface area contributed by atoms with Crippen molar-refractivity contribution >= 4 is 5.78 Å². The van der Waals surface area contributed by atoms with E-state index in [-0.39, 0.29) is 12.0 Å². The number of hydrogen-bond acceptors (Lipinski definition) is 2. The lowest BCUT2D eigenvalue weighted by Gasteiger charge is -2.31. The SMILES string of the molecule is CC(C)C(=O)[C@@H]1C[C@@H]2C[C@@H]2N1C(C)C. The smallest absolute Gasteiger partial charge is 0.152 e. The lowest BCUT2D eigenvalue weighted by Crippen LogP contribution is -2.44. The van der Waals surface area contributed by atoms with Crippen LogP contribution in [-0.4, -0.2) is 28.8 Å². The number of likely N-dealkylation sites (tertiary alicyclic amines) is 1. The fourth-order valence-corrected chi connectivity index (χ4v) is 2.88.